The molecule has 3 N–H and O–H groups in total. The van der Waals surface area contributed by atoms with Crippen molar-refractivity contribution in [2.45, 2.75) is 44.7 Å². The summed E-state index contributed by atoms with van der Waals surface area (Å²) in [6.45, 7) is 4.69. The molecule has 0 bridgehead atoms. The molecule has 0 aliphatic carbocycles. The number of hydrogen-bond donors (Lipinski definition) is 2. The van der Waals surface area contributed by atoms with E-state index < -0.39 is 12.2 Å². The molecule has 0 unspecified atom stereocenters. The fraction of sp³-hybridized carbons (Fsp3) is 0.444. The quantitative estimate of drug-likeness (QED) is 0.573. The first kappa shape index (κ1) is 21.8. The number of ether oxygens (including phenoxy) is 2. The van der Waals surface area contributed by atoms with Gasteiger partial charge >= 0.3 is 6.29 Å². The van der Waals surface area contributed by atoms with E-state index in [0.717, 1.165) is 0 Å². The first-order valence-electron chi connectivity index (χ1n) is 9.16. The molecule has 3 rings (SSSR count). The number of carbonyl (C=O) groups excluding carboxylic acids is 2. The van der Waals surface area contributed by atoms with Gasteiger partial charge in [-0.2, -0.15) is 0 Å². The molecule has 0 fully saturated rings. The smallest absolute Gasteiger partial charge is 0.395 e. The Hall–Kier alpha value is -2.89. The number of anilines is 1. The Kier molecular flexibility index (Phi) is 6.44. The summed E-state index contributed by atoms with van der Waals surface area (Å²) in [7, 11) is 0. The van der Waals surface area contributed by atoms with Crippen LogP contribution in [0.15, 0.2) is 23.4 Å². The molecule has 0 atom stereocenters. The summed E-state index contributed by atoms with van der Waals surface area (Å²) in [6.07, 6.45) is -3.19. The van der Waals surface area contributed by atoms with Gasteiger partial charge in [0.15, 0.2) is 16.7 Å². The Labute approximate surface area is 175 Å². The van der Waals surface area contributed by atoms with E-state index in [2.05, 4.69) is 25.0 Å². The van der Waals surface area contributed by atoms with Crippen molar-refractivity contribution in [1.29, 1.82) is 0 Å². The molecule has 1 aromatic carbocycles. The van der Waals surface area contributed by atoms with Crippen LogP contribution in [0, 0.1) is 5.92 Å². The van der Waals surface area contributed by atoms with Gasteiger partial charge in [0.05, 0.1) is 5.75 Å². The lowest BCUT2D eigenvalue weighted by atomic mass is 10.2. The van der Waals surface area contributed by atoms with E-state index in [-0.39, 0.29) is 29.6 Å². The summed E-state index contributed by atoms with van der Waals surface area (Å²) in [5, 5.41) is 11.4. The van der Waals surface area contributed by atoms with Crippen molar-refractivity contribution in [3.63, 3.8) is 0 Å². The molecule has 2 aromatic rings. The number of alkyl halides is 2. The lowest BCUT2D eigenvalue weighted by Gasteiger charge is -2.12. The fourth-order valence-electron chi connectivity index (χ4n) is 2.75. The normalized spacial score (nSPS) is 14.2. The number of aryl methyl sites for hydroxylation is 1. The van der Waals surface area contributed by atoms with Crippen LogP contribution in [-0.2, 0) is 22.6 Å². The van der Waals surface area contributed by atoms with E-state index in [9.17, 15) is 18.4 Å². The third-order valence-corrected chi connectivity index (χ3v) is 4.92. The predicted molar refractivity (Wildman–Crippen MR) is 104 cm³/mol. The molecule has 9 nitrogen and oxygen atoms in total. The topological polar surface area (TPSA) is 121 Å². The number of hydrogen-bond acceptors (Lipinski definition) is 7. The second-order valence-corrected chi connectivity index (χ2v) is 7.98. The predicted octanol–water partition coefficient (Wildman–Crippen LogP) is 2.40. The number of amides is 2. The number of nitrogens with two attached hydrogens (primary N) is 1. The van der Waals surface area contributed by atoms with Crippen LogP contribution in [0.2, 0.25) is 0 Å². The molecule has 30 heavy (non-hydrogen) atoms. The fourth-order valence-corrected chi connectivity index (χ4v) is 3.51. The first-order chi connectivity index (χ1) is 14.1. The number of carbonyl (C=O) groups is 2. The highest BCUT2D eigenvalue weighted by Crippen LogP contribution is 2.42. The minimum atomic E-state index is -3.71. The Morgan fingerprint density at radius 2 is 2.00 bits per heavy atom. The van der Waals surface area contributed by atoms with E-state index in [1.807, 2.05) is 18.4 Å². The monoisotopic (exact) mass is 441 g/mol. The van der Waals surface area contributed by atoms with Crippen LogP contribution in [-0.4, -0.2) is 38.6 Å². The van der Waals surface area contributed by atoms with Gasteiger partial charge in [0, 0.05) is 31.1 Å². The Morgan fingerprint density at radius 3 is 2.70 bits per heavy atom. The molecule has 0 spiro atoms. The third kappa shape index (κ3) is 5.59. The molecule has 1 aliphatic rings. The van der Waals surface area contributed by atoms with Crippen molar-refractivity contribution >= 4 is 29.3 Å². The van der Waals surface area contributed by atoms with E-state index in [4.69, 9.17) is 5.73 Å². The van der Waals surface area contributed by atoms with Gasteiger partial charge in [-0.1, -0.05) is 25.6 Å². The van der Waals surface area contributed by atoms with Crippen molar-refractivity contribution in [1.82, 2.24) is 14.8 Å². The molecule has 0 saturated carbocycles. The summed E-state index contributed by atoms with van der Waals surface area (Å²) in [4.78, 5) is 23.4. The van der Waals surface area contributed by atoms with Crippen LogP contribution < -0.4 is 20.5 Å². The van der Waals surface area contributed by atoms with Crippen molar-refractivity contribution < 1.29 is 27.8 Å². The number of halogens is 2. The number of rotatable bonds is 9. The average molecular weight is 441 g/mol. The van der Waals surface area contributed by atoms with Gasteiger partial charge in [0.2, 0.25) is 11.8 Å². The van der Waals surface area contributed by atoms with Crippen LogP contribution in [0.25, 0.3) is 0 Å². The number of fused-ring (bicyclic) bond motifs is 1. The Balaban J connectivity index is 1.61. The Morgan fingerprint density at radius 1 is 1.27 bits per heavy atom. The lowest BCUT2D eigenvalue weighted by Crippen LogP contribution is -2.25. The summed E-state index contributed by atoms with van der Waals surface area (Å²) in [6, 6.07) is 4.00. The number of thioether (sulfide) groups is 1. The molecule has 162 valence electrons. The van der Waals surface area contributed by atoms with Gasteiger partial charge in [-0.25, -0.2) is 0 Å². The molecule has 2 amide bonds. The largest absolute Gasteiger partial charge is 0.586 e. The summed E-state index contributed by atoms with van der Waals surface area (Å²) in [5.41, 5.74) is 5.50. The van der Waals surface area contributed by atoms with E-state index in [0.29, 0.717) is 35.6 Å². The number of primary amides is 1. The first-order valence-corrected chi connectivity index (χ1v) is 10.1. The van der Waals surface area contributed by atoms with Gasteiger partial charge in [0.25, 0.3) is 0 Å². The molecular weight excluding hydrogens is 420 g/mol. The number of benzene rings is 1. The van der Waals surface area contributed by atoms with E-state index >= 15 is 0 Å². The van der Waals surface area contributed by atoms with Gasteiger partial charge in [-0.3, -0.25) is 9.59 Å². The summed E-state index contributed by atoms with van der Waals surface area (Å²) >= 11 is 1.18. The van der Waals surface area contributed by atoms with E-state index in [1.165, 1.54) is 30.0 Å². The Bertz CT molecular complexity index is 951. The number of nitrogens with zero attached hydrogens (tertiary/aromatic N) is 3. The van der Waals surface area contributed by atoms with Crippen LogP contribution in [0.4, 0.5) is 14.5 Å². The molecule has 12 heteroatoms. The van der Waals surface area contributed by atoms with Gasteiger partial charge in [-0.15, -0.1) is 19.0 Å². The number of nitrogens with one attached hydrogen (secondary N) is 1. The highest BCUT2D eigenvalue weighted by Gasteiger charge is 2.43. The zero-order valence-corrected chi connectivity index (χ0v) is 17.2. The van der Waals surface area contributed by atoms with Gasteiger partial charge in [0.1, 0.15) is 5.82 Å². The molecule has 1 aromatic heterocycles. The van der Waals surface area contributed by atoms with Gasteiger partial charge < -0.3 is 25.1 Å². The van der Waals surface area contributed by atoms with Crippen LogP contribution in [0.5, 0.6) is 11.5 Å². The van der Waals surface area contributed by atoms with E-state index in [1.54, 1.807) is 0 Å². The standard InChI is InChI=1S/C18H21F2N5O4S/c1-10(2)8-25-15(6-5-14(21)26)23-24-17(25)30-9-16(27)22-11-3-4-12-13(7-11)29-18(19,20)28-12/h3-4,7,10H,5-6,8-9H2,1-2H3,(H2,21,26)(H,22,27). The highest BCUT2D eigenvalue weighted by molar-refractivity contribution is 7.99. The molecule has 1 aliphatic heterocycles. The molecule has 2 heterocycles. The van der Waals surface area contributed by atoms with Crippen molar-refractivity contribution in [2.24, 2.45) is 11.7 Å². The number of aromatic nitrogens is 3. The minimum Gasteiger partial charge on any atom is -0.395 e. The van der Waals surface area contributed by atoms with Gasteiger partial charge in [-0.05, 0) is 18.1 Å². The molecule has 0 radical (unpaired) electrons. The average Bonchev–Trinajstić information content (AvgIpc) is 3.15. The maximum absolute atomic E-state index is 13.1. The van der Waals surface area contributed by atoms with Crippen LogP contribution in [0.1, 0.15) is 26.1 Å². The highest BCUT2D eigenvalue weighted by atomic mass is 32.2. The zero-order valence-electron chi connectivity index (χ0n) is 16.4. The van der Waals surface area contributed by atoms with Crippen LogP contribution in [0.3, 0.4) is 0 Å². The lowest BCUT2D eigenvalue weighted by molar-refractivity contribution is -0.286. The SMILES string of the molecule is CC(C)Cn1c(CCC(N)=O)nnc1SCC(=O)Nc1ccc2c(c1)OC(F)(F)O2. The van der Waals surface area contributed by atoms with Crippen molar-refractivity contribution in [2.75, 3.05) is 11.1 Å². The van der Waals surface area contributed by atoms with Crippen molar-refractivity contribution in [3.05, 3.63) is 24.0 Å². The summed E-state index contributed by atoms with van der Waals surface area (Å²) in [5.74, 6) is -0.0850. The second-order valence-electron chi connectivity index (χ2n) is 7.04. The maximum atomic E-state index is 13.1. The molecule has 0 saturated heterocycles. The second kappa shape index (κ2) is 8.86. The zero-order chi connectivity index (χ0) is 21.9. The maximum Gasteiger partial charge on any atom is 0.586 e. The third-order valence-electron chi connectivity index (χ3n) is 3.95. The minimum absolute atomic E-state index is 0.0245. The summed E-state index contributed by atoms with van der Waals surface area (Å²) < 4.78 is 36.8. The molecular formula is C18H21F2N5O4S. The van der Waals surface area contributed by atoms with Crippen molar-refractivity contribution in [3.8, 4) is 11.5 Å². The van der Waals surface area contributed by atoms with Crippen LogP contribution >= 0.6 is 11.8 Å².